The lowest BCUT2D eigenvalue weighted by Gasteiger charge is -2.15. The van der Waals surface area contributed by atoms with Crippen molar-refractivity contribution in [3.05, 3.63) is 28.8 Å². The number of benzene rings is 1. The Labute approximate surface area is 131 Å². The summed E-state index contributed by atoms with van der Waals surface area (Å²) < 4.78 is 15.7. The van der Waals surface area contributed by atoms with Crippen LogP contribution in [0.2, 0.25) is 0 Å². The minimum Gasteiger partial charge on any atom is -0.481 e. The summed E-state index contributed by atoms with van der Waals surface area (Å²) in [5.74, 6) is 0.384. The molecule has 0 bridgehead atoms. The van der Waals surface area contributed by atoms with Crippen molar-refractivity contribution in [2.24, 2.45) is 0 Å². The molecule has 1 atom stereocenters. The second-order valence-electron chi connectivity index (χ2n) is 5.69. The number of ether oxygens (including phenoxy) is 3. The number of carbonyl (C=O) groups excluding carboxylic acids is 1. The number of aryl methyl sites for hydroxylation is 2. The molecule has 0 radical (unpaired) electrons. The van der Waals surface area contributed by atoms with Crippen LogP contribution in [0.25, 0.3) is 0 Å². The molecule has 0 saturated carbocycles. The van der Waals surface area contributed by atoms with Crippen molar-refractivity contribution >= 4 is 5.97 Å². The zero-order valence-electron chi connectivity index (χ0n) is 13.6. The Morgan fingerprint density at radius 3 is 2.68 bits per heavy atom. The van der Waals surface area contributed by atoms with Gasteiger partial charge in [-0.2, -0.15) is 0 Å². The Hall–Kier alpha value is -1.59. The van der Waals surface area contributed by atoms with E-state index in [2.05, 4.69) is 22.2 Å². The SMILES string of the molecule is COC(=O)COc1c(C)cc(CNCC2CCCO2)cc1C. The summed E-state index contributed by atoms with van der Waals surface area (Å²) in [6.45, 7) is 6.50. The average molecular weight is 307 g/mol. The highest BCUT2D eigenvalue weighted by atomic mass is 16.6. The van der Waals surface area contributed by atoms with Gasteiger partial charge in [0.05, 0.1) is 13.2 Å². The predicted octanol–water partition coefficient (Wildman–Crippen LogP) is 2.12. The summed E-state index contributed by atoms with van der Waals surface area (Å²) in [6, 6.07) is 4.17. The maximum absolute atomic E-state index is 11.2. The fourth-order valence-corrected chi connectivity index (χ4v) is 2.74. The molecule has 1 saturated heterocycles. The van der Waals surface area contributed by atoms with Gasteiger partial charge in [-0.1, -0.05) is 12.1 Å². The molecule has 2 rings (SSSR count). The van der Waals surface area contributed by atoms with Gasteiger partial charge in [-0.05, 0) is 43.4 Å². The average Bonchev–Trinajstić information content (AvgIpc) is 2.99. The van der Waals surface area contributed by atoms with Crippen LogP contribution in [-0.2, 0) is 20.8 Å². The monoisotopic (exact) mass is 307 g/mol. The van der Waals surface area contributed by atoms with E-state index in [9.17, 15) is 4.79 Å². The molecule has 22 heavy (non-hydrogen) atoms. The fourth-order valence-electron chi connectivity index (χ4n) is 2.74. The first-order valence-electron chi connectivity index (χ1n) is 7.72. The summed E-state index contributed by atoms with van der Waals surface area (Å²) in [5, 5.41) is 3.44. The molecule has 1 aromatic rings. The molecule has 0 amide bonds. The first kappa shape index (κ1) is 16.8. The van der Waals surface area contributed by atoms with Crippen molar-refractivity contribution in [2.45, 2.75) is 39.3 Å². The van der Waals surface area contributed by atoms with Crippen LogP contribution in [0.3, 0.4) is 0 Å². The highest BCUT2D eigenvalue weighted by Crippen LogP contribution is 2.25. The van der Waals surface area contributed by atoms with Gasteiger partial charge in [0.1, 0.15) is 5.75 Å². The third-order valence-corrected chi connectivity index (χ3v) is 3.81. The molecule has 1 aromatic carbocycles. The summed E-state index contributed by atoms with van der Waals surface area (Å²) >= 11 is 0. The molecular formula is C17H25NO4. The second-order valence-corrected chi connectivity index (χ2v) is 5.69. The smallest absolute Gasteiger partial charge is 0.343 e. The van der Waals surface area contributed by atoms with Gasteiger partial charge in [0.15, 0.2) is 6.61 Å². The van der Waals surface area contributed by atoms with Crippen molar-refractivity contribution in [3.63, 3.8) is 0 Å². The highest BCUT2D eigenvalue weighted by molar-refractivity contribution is 5.71. The molecule has 1 heterocycles. The van der Waals surface area contributed by atoms with E-state index in [1.807, 2.05) is 13.8 Å². The second kappa shape index (κ2) is 8.15. The normalized spacial score (nSPS) is 17.5. The van der Waals surface area contributed by atoms with Gasteiger partial charge in [-0.3, -0.25) is 0 Å². The Morgan fingerprint density at radius 2 is 2.09 bits per heavy atom. The molecule has 1 aliphatic heterocycles. The topological polar surface area (TPSA) is 56.8 Å². The van der Waals surface area contributed by atoms with Crippen molar-refractivity contribution in [1.29, 1.82) is 0 Å². The molecule has 0 spiro atoms. The Morgan fingerprint density at radius 1 is 1.36 bits per heavy atom. The Bertz CT molecular complexity index is 486. The maximum Gasteiger partial charge on any atom is 0.343 e. The zero-order valence-corrected chi connectivity index (χ0v) is 13.6. The van der Waals surface area contributed by atoms with Crippen LogP contribution in [-0.4, -0.2) is 38.9 Å². The number of hydrogen-bond acceptors (Lipinski definition) is 5. The van der Waals surface area contributed by atoms with E-state index >= 15 is 0 Å². The standard InChI is InChI=1S/C17H25NO4/c1-12-7-14(9-18-10-15-5-4-6-21-15)8-13(2)17(12)22-11-16(19)20-3/h7-8,15,18H,4-6,9-11H2,1-3H3. The lowest BCUT2D eigenvalue weighted by molar-refractivity contribution is -0.142. The van der Waals surface area contributed by atoms with Gasteiger partial charge in [0.2, 0.25) is 0 Å². The number of esters is 1. The van der Waals surface area contributed by atoms with E-state index in [1.165, 1.54) is 12.7 Å². The lowest BCUT2D eigenvalue weighted by atomic mass is 10.1. The van der Waals surface area contributed by atoms with Gasteiger partial charge >= 0.3 is 5.97 Å². The summed E-state index contributed by atoms with van der Waals surface area (Å²) in [5.41, 5.74) is 3.26. The van der Waals surface area contributed by atoms with Crippen LogP contribution in [0.4, 0.5) is 0 Å². The number of carbonyl (C=O) groups is 1. The maximum atomic E-state index is 11.2. The number of nitrogens with one attached hydrogen (secondary N) is 1. The van der Waals surface area contributed by atoms with Crippen LogP contribution in [0.15, 0.2) is 12.1 Å². The number of rotatable bonds is 7. The van der Waals surface area contributed by atoms with Crippen LogP contribution < -0.4 is 10.1 Å². The van der Waals surface area contributed by atoms with E-state index in [0.717, 1.165) is 49.4 Å². The number of methoxy groups -OCH3 is 1. The molecule has 0 aromatic heterocycles. The van der Waals surface area contributed by atoms with Crippen molar-refractivity contribution < 1.29 is 19.0 Å². The first-order chi connectivity index (χ1) is 10.6. The highest BCUT2D eigenvalue weighted by Gasteiger charge is 2.15. The molecule has 1 aliphatic rings. The van der Waals surface area contributed by atoms with E-state index in [4.69, 9.17) is 9.47 Å². The van der Waals surface area contributed by atoms with Gasteiger partial charge in [0.25, 0.3) is 0 Å². The number of hydrogen-bond donors (Lipinski definition) is 1. The van der Waals surface area contributed by atoms with E-state index < -0.39 is 0 Å². The summed E-state index contributed by atoms with van der Waals surface area (Å²) in [4.78, 5) is 11.2. The van der Waals surface area contributed by atoms with E-state index in [-0.39, 0.29) is 12.6 Å². The zero-order chi connectivity index (χ0) is 15.9. The van der Waals surface area contributed by atoms with Crippen LogP contribution >= 0.6 is 0 Å². The predicted molar refractivity (Wildman–Crippen MR) is 84.1 cm³/mol. The van der Waals surface area contributed by atoms with Crippen molar-refractivity contribution in [2.75, 3.05) is 26.9 Å². The minimum absolute atomic E-state index is 0.0607. The van der Waals surface area contributed by atoms with E-state index in [1.54, 1.807) is 0 Å². The third-order valence-electron chi connectivity index (χ3n) is 3.81. The Balaban J connectivity index is 1.89. The summed E-state index contributed by atoms with van der Waals surface area (Å²) in [6.07, 6.45) is 2.66. The van der Waals surface area contributed by atoms with Crippen molar-refractivity contribution in [3.8, 4) is 5.75 Å². The van der Waals surface area contributed by atoms with Gasteiger partial charge in [-0.25, -0.2) is 4.79 Å². The van der Waals surface area contributed by atoms with Gasteiger partial charge < -0.3 is 19.5 Å². The molecule has 1 N–H and O–H groups in total. The minimum atomic E-state index is -0.374. The molecule has 122 valence electrons. The van der Waals surface area contributed by atoms with Gasteiger partial charge in [0, 0.05) is 19.7 Å². The molecule has 1 unspecified atom stereocenters. The van der Waals surface area contributed by atoms with Crippen LogP contribution in [0, 0.1) is 13.8 Å². The molecule has 5 heteroatoms. The lowest BCUT2D eigenvalue weighted by Crippen LogP contribution is -2.25. The largest absolute Gasteiger partial charge is 0.481 e. The van der Waals surface area contributed by atoms with Gasteiger partial charge in [-0.15, -0.1) is 0 Å². The third kappa shape index (κ3) is 4.71. The quantitative estimate of drug-likeness (QED) is 0.782. The fraction of sp³-hybridized carbons (Fsp3) is 0.588. The molecule has 5 nitrogen and oxygen atoms in total. The van der Waals surface area contributed by atoms with Crippen LogP contribution in [0.1, 0.15) is 29.5 Å². The molecule has 0 aliphatic carbocycles. The summed E-state index contributed by atoms with van der Waals surface area (Å²) in [7, 11) is 1.36. The Kier molecular flexibility index (Phi) is 6.21. The van der Waals surface area contributed by atoms with Crippen LogP contribution in [0.5, 0.6) is 5.75 Å². The van der Waals surface area contributed by atoms with Crippen molar-refractivity contribution in [1.82, 2.24) is 5.32 Å². The molecular weight excluding hydrogens is 282 g/mol. The van der Waals surface area contributed by atoms with E-state index in [0.29, 0.717) is 6.10 Å². The molecule has 1 fully saturated rings. The first-order valence-corrected chi connectivity index (χ1v) is 7.72.